The number of pyridine rings is 1. The average Bonchev–Trinajstić information content (AvgIpc) is 2.74. The number of nitrogens with zero attached hydrogens (tertiary/aromatic N) is 3. The lowest BCUT2D eigenvalue weighted by Gasteiger charge is -2.38. The van der Waals surface area contributed by atoms with Gasteiger partial charge in [-0.15, -0.1) is 0 Å². The van der Waals surface area contributed by atoms with Crippen LogP contribution >= 0.6 is 0 Å². The summed E-state index contributed by atoms with van der Waals surface area (Å²) < 4.78 is 14.8. The van der Waals surface area contributed by atoms with E-state index in [9.17, 15) is 9.18 Å². The van der Waals surface area contributed by atoms with Gasteiger partial charge in [0.2, 0.25) is 5.91 Å². The van der Waals surface area contributed by atoms with Crippen molar-refractivity contribution in [2.24, 2.45) is 11.8 Å². The van der Waals surface area contributed by atoms with E-state index in [2.05, 4.69) is 23.9 Å². The fourth-order valence-electron chi connectivity index (χ4n) is 5.16. The van der Waals surface area contributed by atoms with E-state index in [0.29, 0.717) is 30.3 Å². The van der Waals surface area contributed by atoms with Gasteiger partial charge in [0.05, 0.1) is 11.1 Å². The molecule has 1 amide bonds. The van der Waals surface area contributed by atoms with Gasteiger partial charge in [-0.1, -0.05) is 13.0 Å². The highest BCUT2D eigenvalue weighted by Crippen LogP contribution is 2.36. The predicted octanol–water partition coefficient (Wildman–Crippen LogP) is 4.06. The molecule has 0 spiro atoms. The molecular weight excluding hydrogens is 379 g/mol. The second kappa shape index (κ2) is 8.80. The van der Waals surface area contributed by atoms with Crippen molar-refractivity contribution in [2.75, 3.05) is 33.2 Å². The molecule has 2 aromatic rings. The lowest BCUT2D eigenvalue weighted by molar-refractivity contribution is -0.134. The molecule has 2 fully saturated rings. The van der Waals surface area contributed by atoms with Gasteiger partial charge in [0.25, 0.3) is 0 Å². The van der Waals surface area contributed by atoms with Crippen LogP contribution in [0.3, 0.4) is 0 Å². The van der Waals surface area contributed by atoms with E-state index in [1.807, 2.05) is 17.0 Å². The van der Waals surface area contributed by atoms with Gasteiger partial charge in [-0.25, -0.2) is 4.39 Å². The zero-order valence-corrected chi connectivity index (χ0v) is 17.9. The minimum Gasteiger partial charge on any atom is -0.342 e. The molecule has 30 heavy (non-hydrogen) atoms. The Kier molecular flexibility index (Phi) is 6.14. The summed E-state index contributed by atoms with van der Waals surface area (Å²) in [4.78, 5) is 21.8. The third kappa shape index (κ3) is 4.24. The van der Waals surface area contributed by atoms with Crippen molar-refractivity contribution in [1.29, 1.82) is 5.41 Å². The summed E-state index contributed by atoms with van der Waals surface area (Å²) in [6.45, 7) is 5.70. The zero-order valence-electron chi connectivity index (χ0n) is 17.9. The Balaban J connectivity index is 1.57. The highest BCUT2D eigenvalue weighted by molar-refractivity contribution is 5.98. The third-order valence-electron chi connectivity index (χ3n) is 6.81. The molecule has 1 aromatic heterocycles. The molecular formula is C24H31FN4O. The molecule has 0 saturated carbocycles. The first kappa shape index (κ1) is 20.9. The second-order valence-electron chi connectivity index (χ2n) is 9.19. The minimum absolute atomic E-state index is 0.0798. The Hall–Kier alpha value is -2.34. The molecule has 0 radical (unpaired) electrons. The first-order valence-electron chi connectivity index (χ1n) is 11.0. The summed E-state index contributed by atoms with van der Waals surface area (Å²) in [7, 11) is 2.14. The largest absolute Gasteiger partial charge is 0.342 e. The minimum atomic E-state index is -0.409. The number of aromatic nitrogens is 1. The molecule has 3 heterocycles. The molecule has 2 atom stereocenters. The molecule has 0 bridgehead atoms. The van der Waals surface area contributed by atoms with Crippen LogP contribution in [0, 0.1) is 23.1 Å². The van der Waals surface area contributed by atoms with Crippen LogP contribution in [0.15, 0.2) is 24.4 Å². The van der Waals surface area contributed by atoms with Gasteiger partial charge in [-0.2, -0.15) is 0 Å². The molecule has 5 nitrogen and oxygen atoms in total. The molecule has 0 unspecified atom stereocenters. The summed E-state index contributed by atoms with van der Waals surface area (Å²) in [5.74, 6) is 0.742. The van der Waals surface area contributed by atoms with Gasteiger partial charge in [0, 0.05) is 43.2 Å². The summed E-state index contributed by atoms with van der Waals surface area (Å²) in [5.41, 5.74) is 1.67. The highest BCUT2D eigenvalue weighted by Gasteiger charge is 2.32. The lowest BCUT2D eigenvalue weighted by Crippen LogP contribution is -2.43. The van der Waals surface area contributed by atoms with Gasteiger partial charge in [0.1, 0.15) is 5.82 Å². The van der Waals surface area contributed by atoms with Crippen molar-refractivity contribution < 1.29 is 9.18 Å². The number of hydrogen-bond acceptors (Lipinski definition) is 4. The molecule has 6 heteroatoms. The Morgan fingerprint density at radius 1 is 1.33 bits per heavy atom. The summed E-state index contributed by atoms with van der Waals surface area (Å²) in [6.07, 6.45) is 6.39. The number of rotatable bonds is 4. The molecule has 2 saturated heterocycles. The third-order valence-corrected chi connectivity index (χ3v) is 6.81. The van der Waals surface area contributed by atoms with E-state index in [-0.39, 0.29) is 17.4 Å². The van der Waals surface area contributed by atoms with Gasteiger partial charge >= 0.3 is 0 Å². The van der Waals surface area contributed by atoms with E-state index in [4.69, 9.17) is 5.41 Å². The van der Waals surface area contributed by atoms with Crippen molar-refractivity contribution in [3.8, 4) is 0 Å². The van der Waals surface area contributed by atoms with Crippen LogP contribution in [0.4, 0.5) is 4.39 Å². The van der Waals surface area contributed by atoms with E-state index in [1.54, 1.807) is 12.3 Å². The van der Waals surface area contributed by atoms with Gasteiger partial charge in [0.15, 0.2) is 0 Å². The second-order valence-corrected chi connectivity index (χ2v) is 9.19. The maximum Gasteiger partial charge on any atom is 0.222 e. The Morgan fingerprint density at radius 3 is 2.83 bits per heavy atom. The monoisotopic (exact) mass is 410 g/mol. The first-order valence-corrected chi connectivity index (χ1v) is 11.0. The highest BCUT2D eigenvalue weighted by atomic mass is 19.1. The quantitative estimate of drug-likeness (QED) is 0.774. The van der Waals surface area contributed by atoms with Crippen LogP contribution in [0.2, 0.25) is 0 Å². The number of fused-ring (bicyclic) bond motifs is 1. The number of amides is 1. The molecule has 4 rings (SSSR count). The fraction of sp³-hybridized carbons (Fsp3) is 0.542. The molecule has 2 aliphatic heterocycles. The number of likely N-dealkylation sites (tertiary alicyclic amines) is 2. The van der Waals surface area contributed by atoms with Crippen molar-refractivity contribution in [1.82, 2.24) is 14.8 Å². The van der Waals surface area contributed by atoms with Gasteiger partial charge < -0.3 is 15.2 Å². The van der Waals surface area contributed by atoms with Gasteiger partial charge in [-0.05, 0) is 68.9 Å². The summed E-state index contributed by atoms with van der Waals surface area (Å²) in [6, 6.07) is 5.37. The molecule has 0 aliphatic carbocycles. The van der Waals surface area contributed by atoms with Crippen molar-refractivity contribution in [3.05, 3.63) is 41.3 Å². The molecule has 160 valence electrons. The summed E-state index contributed by atoms with van der Waals surface area (Å²) in [5, 5.41) is 8.46. The molecule has 2 aliphatic rings. The molecule has 1 aromatic carbocycles. The zero-order chi connectivity index (χ0) is 21.3. The topological polar surface area (TPSA) is 60.3 Å². The smallest absolute Gasteiger partial charge is 0.222 e. The van der Waals surface area contributed by atoms with Crippen LogP contribution in [0.25, 0.3) is 10.9 Å². The summed E-state index contributed by atoms with van der Waals surface area (Å²) >= 11 is 0. The number of nitrogens with one attached hydrogen (secondary N) is 1. The molecule has 1 N–H and O–H groups in total. The van der Waals surface area contributed by atoms with Crippen LogP contribution < -0.4 is 0 Å². The fourth-order valence-corrected chi connectivity index (χ4v) is 5.16. The van der Waals surface area contributed by atoms with Crippen LogP contribution in [-0.2, 0) is 4.79 Å². The number of benzene rings is 1. The lowest BCUT2D eigenvalue weighted by atomic mass is 9.82. The number of halogens is 1. The standard InChI is InChI=1S/C24H31FN4O/c1-16-10-18(15-29(14-16)23(30)11-17-5-8-28(2)9-6-17)20-12-22(25)21(13-26)24-19(20)4-3-7-27-24/h3-4,7,12-13,16-18,26H,5-6,8-11,14-15H2,1-2H3/t16-,18+/m1/s1. The van der Waals surface area contributed by atoms with Crippen molar-refractivity contribution in [3.63, 3.8) is 0 Å². The number of hydrogen-bond donors (Lipinski definition) is 1. The van der Waals surface area contributed by atoms with E-state index < -0.39 is 5.82 Å². The maximum absolute atomic E-state index is 14.8. The van der Waals surface area contributed by atoms with Crippen LogP contribution in [0.5, 0.6) is 0 Å². The number of carbonyl (C=O) groups excluding carboxylic acids is 1. The normalized spacial score (nSPS) is 23.6. The van der Waals surface area contributed by atoms with Gasteiger partial charge in [-0.3, -0.25) is 9.78 Å². The Morgan fingerprint density at radius 2 is 2.10 bits per heavy atom. The number of carbonyl (C=O) groups is 1. The number of piperidine rings is 2. The van der Waals surface area contributed by atoms with E-state index >= 15 is 0 Å². The van der Waals surface area contributed by atoms with Crippen LogP contribution in [0.1, 0.15) is 49.7 Å². The average molecular weight is 411 g/mol. The Labute approximate surface area is 177 Å². The first-order chi connectivity index (χ1) is 14.5. The van der Waals surface area contributed by atoms with Crippen molar-refractivity contribution >= 4 is 23.0 Å². The van der Waals surface area contributed by atoms with E-state index in [1.165, 1.54) is 0 Å². The maximum atomic E-state index is 14.8. The predicted molar refractivity (Wildman–Crippen MR) is 118 cm³/mol. The SMILES string of the molecule is C[C@@H]1C[C@H](c2cc(F)c(C=N)c3ncccc23)CN(C(=O)CC2CCN(C)CC2)C1. The van der Waals surface area contributed by atoms with E-state index in [0.717, 1.165) is 56.1 Å². The van der Waals surface area contributed by atoms with Crippen molar-refractivity contribution in [2.45, 2.75) is 38.5 Å². The van der Waals surface area contributed by atoms with Crippen LogP contribution in [-0.4, -0.2) is 60.1 Å². The Bertz CT molecular complexity index is 938.